The molecule has 3 aromatic rings. The van der Waals surface area contributed by atoms with E-state index in [2.05, 4.69) is 20.6 Å². The first-order valence-electron chi connectivity index (χ1n) is 8.37. The minimum Gasteiger partial charge on any atom is -0.497 e. The van der Waals surface area contributed by atoms with Crippen LogP contribution in [0.2, 0.25) is 0 Å². The lowest BCUT2D eigenvalue weighted by Gasteiger charge is -2.13. The summed E-state index contributed by atoms with van der Waals surface area (Å²) in [5, 5.41) is 5.91. The molecule has 0 aliphatic carbocycles. The first-order valence-corrected chi connectivity index (χ1v) is 8.37. The van der Waals surface area contributed by atoms with Gasteiger partial charge in [0.15, 0.2) is 0 Å². The number of methoxy groups -OCH3 is 1. The molecule has 1 aromatic heterocycles. The van der Waals surface area contributed by atoms with E-state index in [1.54, 1.807) is 7.11 Å². The molecule has 0 spiro atoms. The third kappa shape index (κ3) is 4.72. The van der Waals surface area contributed by atoms with Crippen molar-refractivity contribution >= 4 is 28.9 Å². The third-order valence-corrected chi connectivity index (χ3v) is 3.90. The van der Waals surface area contributed by atoms with Crippen LogP contribution in [0.1, 0.15) is 10.4 Å². The van der Waals surface area contributed by atoms with E-state index in [-0.39, 0.29) is 5.91 Å². The molecule has 0 saturated heterocycles. The summed E-state index contributed by atoms with van der Waals surface area (Å²) in [6.07, 6.45) is 2.98. The zero-order valence-corrected chi connectivity index (χ0v) is 15.4. The molecular weight excluding hydrogens is 342 g/mol. The van der Waals surface area contributed by atoms with Crippen LogP contribution >= 0.6 is 0 Å². The molecule has 1 amide bonds. The summed E-state index contributed by atoms with van der Waals surface area (Å²) in [6.45, 7) is 0. The van der Waals surface area contributed by atoms with Gasteiger partial charge in [0, 0.05) is 43.6 Å². The van der Waals surface area contributed by atoms with E-state index in [9.17, 15) is 4.79 Å². The van der Waals surface area contributed by atoms with E-state index in [0.717, 1.165) is 17.1 Å². The van der Waals surface area contributed by atoms with Crippen LogP contribution in [0.25, 0.3) is 0 Å². The first kappa shape index (κ1) is 18.2. The van der Waals surface area contributed by atoms with Crippen molar-refractivity contribution in [3.63, 3.8) is 0 Å². The Morgan fingerprint density at radius 1 is 0.926 bits per heavy atom. The zero-order chi connectivity index (χ0) is 19.2. The molecule has 2 aromatic carbocycles. The smallest absolute Gasteiger partial charge is 0.258 e. The number of carbonyl (C=O) groups is 1. The summed E-state index contributed by atoms with van der Waals surface area (Å²) in [5.74, 6) is 0.919. The number of hydrogen-bond donors (Lipinski definition) is 2. The fraction of sp³-hybridized carbons (Fsp3) is 0.150. The highest BCUT2D eigenvalue weighted by atomic mass is 16.5. The van der Waals surface area contributed by atoms with Crippen molar-refractivity contribution in [2.75, 3.05) is 36.7 Å². The van der Waals surface area contributed by atoms with Gasteiger partial charge >= 0.3 is 0 Å². The predicted molar refractivity (Wildman–Crippen MR) is 107 cm³/mol. The molecule has 0 aliphatic rings. The molecule has 138 valence electrons. The van der Waals surface area contributed by atoms with Crippen LogP contribution in [0.3, 0.4) is 0 Å². The lowest BCUT2D eigenvalue weighted by atomic mass is 10.2. The average Bonchev–Trinajstić information content (AvgIpc) is 2.69. The van der Waals surface area contributed by atoms with E-state index in [4.69, 9.17) is 4.74 Å². The van der Waals surface area contributed by atoms with Gasteiger partial charge in [-0.3, -0.25) is 4.79 Å². The number of hydrogen-bond acceptors (Lipinski definition) is 6. The van der Waals surface area contributed by atoms with Gasteiger partial charge in [-0.2, -0.15) is 0 Å². The summed E-state index contributed by atoms with van der Waals surface area (Å²) in [6, 6.07) is 15.0. The van der Waals surface area contributed by atoms with Crippen LogP contribution in [0.4, 0.5) is 23.0 Å². The summed E-state index contributed by atoms with van der Waals surface area (Å²) in [7, 11) is 5.55. The maximum atomic E-state index is 12.3. The van der Waals surface area contributed by atoms with Crippen molar-refractivity contribution in [3.8, 4) is 5.75 Å². The minimum absolute atomic E-state index is 0.261. The Balaban J connectivity index is 1.62. The Kier molecular flexibility index (Phi) is 5.51. The van der Waals surface area contributed by atoms with Gasteiger partial charge in [0.2, 0.25) is 5.95 Å². The van der Waals surface area contributed by atoms with Crippen molar-refractivity contribution < 1.29 is 9.53 Å². The Morgan fingerprint density at radius 2 is 1.52 bits per heavy atom. The number of nitrogens with zero attached hydrogens (tertiary/aromatic N) is 3. The second-order valence-electron chi connectivity index (χ2n) is 6.04. The van der Waals surface area contributed by atoms with Gasteiger partial charge in [-0.05, 0) is 48.5 Å². The molecule has 1 heterocycles. The predicted octanol–water partition coefficient (Wildman–Crippen LogP) is 3.55. The zero-order valence-electron chi connectivity index (χ0n) is 15.4. The highest BCUT2D eigenvalue weighted by Gasteiger charge is 2.08. The molecule has 0 atom stereocenters. The molecular formula is C20H21N5O2. The first-order chi connectivity index (χ1) is 13.0. The van der Waals surface area contributed by atoms with Crippen LogP contribution in [-0.2, 0) is 0 Å². The molecule has 3 rings (SSSR count). The summed E-state index contributed by atoms with van der Waals surface area (Å²) < 4.78 is 5.12. The number of aromatic nitrogens is 2. The van der Waals surface area contributed by atoms with Gasteiger partial charge in [-0.1, -0.05) is 0 Å². The van der Waals surface area contributed by atoms with E-state index in [1.807, 2.05) is 67.5 Å². The number of benzene rings is 2. The number of amides is 1. The average molecular weight is 363 g/mol. The fourth-order valence-electron chi connectivity index (χ4n) is 2.36. The monoisotopic (exact) mass is 363 g/mol. The number of carbonyl (C=O) groups excluding carboxylic acids is 1. The fourth-order valence-corrected chi connectivity index (χ4v) is 2.36. The van der Waals surface area contributed by atoms with Crippen molar-refractivity contribution in [3.05, 3.63) is 66.5 Å². The second kappa shape index (κ2) is 8.18. The number of ether oxygens (including phenoxy) is 1. The summed E-state index contributed by atoms with van der Waals surface area (Å²) in [5.41, 5.74) is 2.98. The van der Waals surface area contributed by atoms with E-state index in [1.165, 1.54) is 12.4 Å². The van der Waals surface area contributed by atoms with Crippen molar-refractivity contribution in [2.24, 2.45) is 0 Å². The van der Waals surface area contributed by atoms with Gasteiger partial charge in [-0.15, -0.1) is 0 Å². The molecule has 7 heteroatoms. The van der Waals surface area contributed by atoms with Crippen LogP contribution in [0.5, 0.6) is 5.75 Å². The SMILES string of the molecule is COc1ccc(Nc2ncc(C(=O)Nc3ccc(N(C)C)cc3)cn2)cc1. The van der Waals surface area contributed by atoms with Crippen molar-refractivity contribution in [1.82, 2.24) is 9.97 Å². The summed E-state index contributed by atoms with van der Waals surface area (Å²) >= 11 is 0. The van der Waals surface area contributed by atoms with Crippen LogP contribution in [0, 0.1) is 0 Å². The van der Waals surface area contributed by atoms with E-state index >= 15 is 0 Å². The molecule has 2 N–H and O–H groups in total. The molecule has 0 aliphatic heterocycles. The lowest BCUT2D eigenvalue weighted by Crippen LogP contribution is -2.13. The molecule has 0 saturated carbocycles. The van der Waals surface area contributed by atoms with Crippen molar-refractivity contribution in [1.29, 1.82) is 0 Å². The number of anilines is 4. The largest absolute Gasteiger partial charge is 0.497 e. The minimum atomic E-state index is -0.261. The Bertz CT molecular complexity index is 891. The van der Waals surface area contributed by atoms with Gasteiger partial charge in [0.25, 0.3) is 5.91 Å². The highest BCUT2D eigenvalue weighted by Crippen LogP contribution is 2.18. The third-order valence-electron chi connectivity index (χ3n) is 3.90. The standard InChI is InChI=1S/C20H21N5O2/c1-25(2)17-8-4-15(5-9-17)23-19(26)14-12-21-20(22-13-14)24-16-6-10-18(27-3)11-7-16/h4-13H,1-3H3,(H,23,26)(H,21,22,24). The van der Waals surface area contributed by atoms with Crippen LogP contribution < -0.4 is 20.3 Å². The second-order valence-corrected chi connectivity index (χ2v) is 6.04. The van der Waals surface area contributed by atoms with Crippen molar-refractivity contribution in [2.45, 2.75) is 0 Å². The molecule has 0 bridgehead atoms. The van der Waals surface area contributed by atoms with Gasteiger partial charge in [0.1, 0.15) is 5.75 Å². The maximum Gasteiger partial charge on any atom is 0.258 e. The van der Waals surface area contributed by atoms with Gasteiger partial charge < -0.3 is 20.3 Å². The van der Waals surface area contributed by atoms with Gasteiger partial charge in [0.05, 0.1) is 12.7 Å². The Hall–Kier alpha value is -3.61. The number of nitrogens with one attached hydrogen (secondary N) is 2. The topological polar surface area (TPSA) is 79.4 Å². The van der Waals surface area contributed by atoms with Crippen LogP contribution in [-0.4, -0.2) is 37.1 Å². The molecule has 7 nitrogen and oxygen atoms in total. The molecule has 0 fully saturated rings. The normalized spacial score (nSPS) is 10.2. The Morgan fingerprint density at radius 3 is 2.07 bits per heavy atom. The quantitative estimate of drug-likeness (QED) is 0.697. The highest BCUT2D eigenvalue weighted by molar-refractivity contribution is 6.04. The van der Waals surface area contributed by atoms with Crippen LogP contribution in [0.15, 0.2) is 60.9 Å². The molecule has 0 unspecified atom stereocenters. The van der Waals surface area contributed by atoms with E-state index < -0.39 is 0 Å². The molecule has 27 heavy (non-hydrogen) atoms. The maximum absolute atomic E-state index is 12.3. The lowest BCUT2D eigenvalue weighted by molar-refractivity contribution is 0.102. The Labute approximate surface area is 158 Å². The summed E-state index contributed by atoms with van der Waals surface area (Å²) in [4.78, 5) is 22.7. The van der Waals surface area contributed by atoms with E-state index in [0.29, 0.717) is 17.2 Å². The van der Waals surface area contributed by atoms with Gasteiger partial charge in [-0.25, -0.2) is 9.97 Å². The number of rotatable bonds is 6. The molecule has 0 radical (unpaired) electrons.